The zero-order chi connectivity index (χ0) is 10.0. The predicted octanol–water partition coefficient (Wildman–Crippen LogP) is 1.39. The number of hydrogen-bond acceptors (Lipinski definition) is 3. The number of hydrogen-bond donors (Lipinski definition) is 2. The molecular formula is C11H16N2O. The van der Waals surface area contributed by atoms with Gasteiger partial charge in [0.15, 0.2) is 0 Å². The maximum atomic E-state index is 10.1. The van der Waals surface area contributed by atoms with Crippen LogP contribution < -0.4 is 5.73 Å². The Bertz CT molecular complexity index is 293. The molecule has 76 valence electrons. The quantitative estimate of drug-likeness (QED) is 0.744. The topological polar surface area (TPSA) is 59.1 Å². The van der Waals surface area contributed by atoms with Crippen molar-refractivity contribution < 1.29 is 5.11 Å². The van der Waals surface area contributed by atoms with Gasteiger partial charge in [0, 0.05) is 17.9 Å². The Balaban J connectivity index is 2.19. The third-order valence-corrected chi connectivity index (χ3v) is 3.10. The fourth-order valence-corrected chi connectivity index (χ4v) is 2.18. The molecule has 1 aromatic heterocycles. The summed E-state index contributed by atoms with van der Waals surface area (Å²) in [6.45, 7) is 0. The van der Waals surface area contributed by atoms with Crippen molar-refractivity contribution >= 4 is 0 Å². The van der Waals surface area contributed by atoms with Crippen LogP contribution in [0.25, 0.3) is 0 Å². The summed E-state index contributed by atoms with van der Waals surface area (Å²) in [5.74, 6) is 0. The predicted molar refractivity (Wildman–Crippen MR) is 54.6 cm³/mol. The molecule has 1 atom stereocenters. The van der Waals surface area contributed by atoms with E-state index in [9.17, 15) is 5.11 Å². The minimum absolute atomic E-state index is 0.415. The van der Waals surface area contributed by atoms with Gasteiger partial charge in [-0.15, -0.1) is 0 Å². The summed E-state index contributed by atoms with van der Waals surface area (Å²) in [5.41, 5.74) is 6.63. The van der Waals surface area contributed by atoms with E-state index >= 15 is 0 Å². The summed E-state index contributed by atoms with van der Waals surface area (Å²) in [5, 5.41) is 10.1. The zero-order valence-corrected chi connectivity index (χ0v) is 8.19. The van der Waals surface area contributed by atoms with Crippen molar-refractivity contribution in [2.75, 3.05) is 0 Å². The highest BCUT2D eigenvalue weighted by atomic mass is 16.3. The number of nitrogens with zero attached hydrogens (tertiary/aromatic N) is 1. The molecule has 1 aliphatic rings. The van der Waals surface area contributed by atoms with E-state index in [0.717, 1.165) is 31.2 Å². The van der Waals surface area contributed by atoms with E-state index in [4.69, 9.17) is 5.73 Å². The van der Waals surface area contributed by atoms with E-state index < -0.39 is 11.6 Å². The maximum absolute atomic E-state index is 10.1. The molecule has 0 saturated heterocycles. The SMILES string of the molecule is NC1(C(O)c2ccncc2)CCCC1. The summed E-state index contributed by atoms with van der Waals surface area (Å²) in [6.07, 6.45) is 6.91. The monoisotopic (exact) mass is 192 g/mol. The smallest absolute Gasteiger partial charge is 0.0970 e. The standard InChI is InChI=1S/C11H16N2O/c12-11(5-1-2-6-11)10(14)9-3-7-13-8-4-9/h3-4,7-8,10,14H,1-2,5-6,12H2. The minimum atomic E-state index is -0.548. The molecule has 14 heavy (non-hydrogen) atoms. The van der Waals surface area contributed by atoms with Gasteiger partial charge in [-0.2, -0.15) is 0 Å². The zero-order valence-electron chi connectivity index (χ0n) is 8.19. The Morgan fingerprint density at radius 2 is 1.86 bits per heavy atom. The lowest BCUT2D eigenvalue weighted by molar-refractivity contribution is 0.0871. The van der Waals surface area contributed by atoms with Gasteiger partial charge in [-0.05, 0) is 30.5 Å². The van der Waals surface area contributed by atoms with Gasteiger partial charge in [0.25, 0.3) is 0 Å². The Labute approximate surface area is 84.0 Å². The third-order valence-electron chi connectivity index (χ3n) is 3.10. The number of pyridine rings is 1. The number of aromatic nitrogens is 1. The minimum Gasteiger partial charge on any atom is -0.386 e. The highest BCUT2D eigenvalue weighted by Crippen LogP contribution is 2.37. The number of aliphatic hydroxyl groups is 1. The molecule has 0 aliphatic heterocycles. The second kappa shape index (κ2) is 3.67. The molecule has 1 aliphatic carbocycles. The molecule has 1 saturated carbocycles. The van der Waals surface area contributed by atoms with Crippen molar-refractivity contribution in [3.8, 4) is 0 Å². The van der Waals surface area contributed by atoms with Crippen LogP contribution in [0, 0.1) is 0 Å². The van der Waals surface area contributed by atoms with Crippen LogP contribution in [-0.2, 0) is 0 Å². The van der Waals surface area contributed by atoms with Crippen LogP contribution >= 0.6 is 0 Å². The Hall–Kier alpha value is -0.930. The molecular weight excluding hydrogens is 176 g/mol. The number of rotatable bonds is 2. The van der Waals surface area contributed by atoms with Crippen molar-refractivity contribution in [1.29, 1.82) is 0 Å². The molecule has 3 heteroatoms. The first-order valence-electron chi connectivity index (χ1n) is 5.09. The van der Waals surface area contributed by atoms with Crippen LogP contribution in [0.3, 0.4) is 0 Å². The van der Waals surface area contributed by atoms with Crippen molar-refractivity contribution in [2.24, 2.45) is 5.73 Å². The normalized spacial score (nSPS) is 22.1. The van der Waals surface area contributed by atoms with Gasteiger partial charge < -0.3 is 10.8 Å². The molecule has 3 N–H and O–H groups in total. The first-order valence-corrected chi connectivity index (χ1v) is 5.09. The van der Waals surface area contributed by atoms with Crippen LogP contribution in [-0.4, -0.2) is 15.6 Å². The van der Waals surface area contributed by atoms with E-state index in [-0.39, 0.29) is 0 Å². The van der Waals surface area contributed by atoms with Crippen LogP contribution in [0.15, 0.2) is 24.5 Å². The van der Waals surface area contributed by atoms with E-state index in [1.807, 2.05) is 12.1 Å². The first kappa shape index (κ1) is 9.62. The van der Waals surface area contributed by atoms with Gasteiger partial charge in [0.05, 0.1) is 6.10 Å². The van der Waals surface area contributed by atoms with Gasteiger partial charge in [0.1, 0.15) is 0 Å². The van der Waals surface area contributed by atoms with Crippen molar-refractivity contribution in [3.63, 3.8) is 0 Å². The van der Waals surface area contributed by atoms with E-state index in [1.165, 1.54) is 0 Å². The number of nitrogens with two attached hydrogens (primary N) is 1. The van der Waals surface area contributed by atoms with Gasteiger partial charge in [0.2, 0.25) is 0 Å². The van der Waals surface area contributed by atoms with E-state index in [2.05, 4.69) is 4.98 Å². The number of aliphatic hydroxyl groups excluding tert-OH is 1. The molecule has 1 unspecified atom stereocenters. The van der Waals surface area contributed by atoms with Gasteiger partial charge in [-0.1, -0.05) is 12.8 Å². The summed E-state index contributed by atoms with van der Waals surface area (Å²) >= 11 is 0. The second-order valence-electron chi connectivity index (χ2n) is 4.12. The molecule has 0 bridgehead atoms. The first-order chi connectivity index (χ1) is 6.72. The second-order valence-corrected chi connectivity index (χ2v) is 4.12. The summed E-state index contributed by atoms with van der Waals surface area (Å²) in [4.78, 5) is 3.93. The summed E-state index contributed by atoms with van der Waals surface area (Å²) < 4.78 is 0. The summed E-state index contributed by atoms with van der Waals surface area (Å²) in [6, 6.07) is 3.66. The fraction of sp³-hybridized carbons (Fsp3) is 0.545. The molecule has 0 spiro atoms. The maximum Gasteiger partial charge on any atom is 0.0970 e. The average Bonchev–Trinajstić information content (AvgIpc) is 2.67. The molecule has 1 fully saturated rings. The van der Waals surface area contributed by atoms with Gasteiger partial charge in [-0.3, -0.25) is 4.98 Å². The molecule has 1 aromatic rings. The Kier molecular flexibility index (Phi) is 2.52. The van der Waals surface area contributed by atoms with E-state index in [0.29, 0.717) is 0 Å². The highest BCUT2D eigenvalue weighted by Gasteiger charge is 2.37. The Morgan fingerprint density at radius 1 is 1.29 bits per heavy atom. The van der Waals surface area contributed by atoms with Crippen LogP contribution in [0.1, 0.15) is 37.4 Å². The lowest BCUT2D eigenvalue weighted by Crippen LogP contribution is -2.42. The van der Waals surface area contributed by atoms with Gasteiger partial charge >= 0.3 is 0 Å². The third kappa shape index (κ3) is 1.65. The fourth-order valence-electron chi connectivity index (χ4n) is 2.18. The Morgan fingerprint density at radius 3 is 2.43 bits per heavy atom. The summed E-state index contributed by atoms with van der Waals surface area (Å²) in [7, 11) is 0. The molecule has 1 heterocycles. The van der Waals surface area contributed by atoms with Crippen molar-refractivity contribution in [1.82, 2.24) is 4.98 Å². The highest BCUT2D eigenvalue weighted by molar-refractivity contribution is 5.18. The van der Waals surface area contributed by atoms with Crippen LogP contribution in [0.2, 0.25) is 0 Å². The van der Waals surface area contributed by atoms with Crippen molar-refractivity contribution in [3.05, 3.63) is 30.1 Å². The van der Waals surface area contributed by atoms with Gasteiger partial charge in [-0.25, -0.2) is 0 Å². The molecule has 0 radical (unpaired) electrons. The van der Waals surface area contributed by atoms with E-state index in [1.54, 1.807) is 12.4 Å². The largest absolute Gasteiger partial charge is 0.386 e. The average molecular weight is 192 g/mol. The van der Waals surface area contributed by atoms with Crippen LogP contribution in [0.4, 0.5) is 0 Å². The van der Waals surface area contributed by atoms with Crippen LogP contribution in [0.5, 0.6) is 0 Å². The molecule has 0 amide bonds. The van der Waals surface area contributed by atoms with Crippen molar-refractivity contribution in [2.45, 2.75) is 37.3 Å². The molecule has 2 rings (SSSR count). The molecule has 3 nitrogen and oxygen atoms in total. The molecule has 0 aromatic carbocycles. The lowest BCUT2D eigenvalue weighted by atomic mass is 9.87. The lowest BCUT2D eigenvalue weighted by Gasteiger charge is -2.29.